The van der Waals surface area contributed by atoms with Gasteiger partial charge in [-0.25, -0.2) is 0 Å². The molecule has 0 saturated carbocycles. The average Bonchev–Trinajstić information content (AvgIpc) is 2.65. The molecule has 0 atom stereocenters. The lowest BCUT2D eigenvalue weighted by Gasteiger charge is -2.10. The third-order valence-electron chi connectivity index (χ3n) is 3.55. The number of nitrogens with one attached hydrogen (secondary N) is 1. The summed E-state index contributed by atoms with van der Waals surface area (Å²) in [5.74, 6) is 1.87. The van der Waals surface area contributed by atoms with Gasteiger partial charge >= 0.3 is 0 Å². The molecule has 0 aliphatic carbocycles. The van der Waals surface area contributed by atoms with Gasteiger partial charge in [0.2, 0.25) is 5.91 Å². The number of hydrogen-bond acceptors (Lipinski definition) is 4. The van der Waals surface area contributed by atoms with Crippen molar-refractivity contribution in [2.24, 2.45) is 0 Å². The minimum Gasteiger partial charge on any atom is -0.493 e. The second-order valence-corrected chi connectivity index (χ2v) is 5.21. The first-order chi connectivity index (χ1) is 12.2. The number of methoxy groups -OCH3 is 2. The van der Waals surface area contributed by atoms with Crippen LogP contribution < -0.4 is 19.5 Å². The third kappa shape index (κ3) is 5.28. The smallest absolute Gasteiger partial charge is 0.244 e. The molecule has 2 aromatic rings. The summed E-state index contributed by atoms with van der Waals surface area (Å²) >= 11 is 0. The van der Waals surface area contributed by atoms with E-state index in [2.05, 4.69) is 5.32 Å². The van der Waals surface area contributed by atoms with E-state index >= 15 is 0 Å². The first-order valence-electron chi connectivity index (χ1n) is 8.06. The van der Waals surface area contributed by atoms with Gasteiger partial charge in [-0.1, -0.05) is 24.3 Å². The molecule has 2 aromatic carbocycles. The SMILES string of the molecule is CCOc1ccccc1/C=C/C(=O)NCc1ccc(OC)c(OC)c1. The Balaban J connectivity index is 1.97. The summed E-state index contributed by atoms with van der Waals surface area (Å²) in [7, 11) is 3.17. The Hall–Kier alpha value is -2.95. The van der Waals surface area contributed by atoms with E-state index in [0.29, 0.717) is 24.7 Å². The number of benzene rings is 2. The zero-order valence-electron chi connectivity index (χ0n) is 14.7. The molecule has 1 N–H and O–H groups in total. The van der Waals surface area contributed by atoms with Crippen molar-refractivity contribution in [1.29, 1.82) is 0 Å². The number of hydrogen-bond donors (Lipinski definition) is 1. The summed E-state index contributed by atoms with van der Waals surface area (Å²) in [6, 6.07) is 13.1. The fourth-order valence-electron chi connectivity index (χ4n) is 2.31. The van der Waals surface area contributed by atoms with Crippen LogP contribution in [0.4, 0.5) is 0 Å². The molecule has 1 amide bonds. The van der Waals surface area contributed by atoms with Gasteiger partial charge in [0.15, 0.2) is 11.5 Å². The molecule has 0 heterocycles. The predicted octanol–water partition coefficient (Wildman–Crippen LogP) is 3.43. The number of carbonyl (C=O) groups excluding carboxylic acids is 1. The zero-order valence-corrected chi connectivity index (χ0v) is 14.7. The minimum absolute atomic E-state index is 0.180. The highest BCUT2D eigenvalue weighted by Gasteiger charge is 2.05. The molecule has 0 spiro atoms. The molecular formula is C20H23NO4. The average molecular weight is 341 g/mol. The Kier molecular flexibility index (Phi) is 6.89. The highest BCUT2D eigenvalue weighted by Crippen LogP contribution is 2.27. The van der Waals surface area contributed by atoms with Crippen molar-refractivity contribution in [1.82, 2.24) is 5.32 Å². The largest absolute Gasteiger partial charge is 0.493 e. The summed E-state index contributed by atoms with van der Waals surface area (Å²) in [4.78, 5) is 12.0. The van der Waals surface area contributed by atoms with E-state index in [4.69, 9.17) is 14.2 Å². The summed E-state index contributed by atoms with van der Waals surface area (Å²) in [5, 5.41) is 2.85. The van der Waals surface area contributed by atoms with Crippen LogP contribution in [-0.4, -0.2) is 26.7 Å². The Morgan fingerprint density at radius 2 is 1.80 bits per heavy atom. The molecule has 0 saturated heterocycles. The Bertz CT molecular complexity index is 740. The van der Waals surface area contributed by atoms with Crippen LogP contribution in [0.2, 0.25) is 0 Å². The van der Waals surface area contributed by atoms with Crippen LogP contribution in [0.3, 0.4) is 0 Å². The molecule has 25 heavy (non-hydrogen) atoms. The highest BCUT2D eigenvalue weighted by molar-refractivity contribution is 5.92. The first kappa shape index (κ1) is 18.4. The van der Waals surface area contributed by atoms with Gasteiger partial charge in [-0.15, -0.1) is 0 Å². The summed E-state index contributed by atoms with van der Waals surface area (Å²) < 4.78 is 16.0. The van der Waals surface area contributed by atoms with Crippen molar-refractivity contribution in [3.63, 3.8) is 0 Å². The fraction of sp³-hybridized carbons (Fsp3) is 0.250. The Morgan fingerprint density at radius 1 is 1.04 bits per heavy atom. The third-order valence-corrected chi connectivity index (χ3v) is 3.55. The maximum Gasteiger partial charge on any atom is 0.244 e. The lowest BCUT2D eigenvalue weighted by Crippen LogP contribution is -2.20. The molecule has 0 aliphatic heterocycles. The van der Waals surface area contributed by atoms with E-state index in [9.17, 15) is 4.79 Å². The topological polar surface area (TPSA) is 56.8 Å². The van der Waals surface area contributed by atoms with E-state index in [1.165, 1.54) is 6.08 Å². The predicted molar refractivity (Wildman–Crippen MR) is 98.0 cm³/mol. The normalized spacial score (nSPS) is 10.5. The number of rotatable bonds is 8. The van der Waals surface area contributed by atoms with Crippen LogP contribution in [0.25, 0.3) is 6.08 Å². The van der Waals surface area contributed by atoms with Gasteiger partial charge in [-0.2, -0.15) is 0 Å². The Morgan fingerprint density at radius 3 is 2.52 bits per heavy atom. The second kappa shape index (κ2) is 9.37. The van der Waals surface area contributed by atoms with Crippen LogP contribution in [0.5, 0.6) is 17.2 Å². The molecule has 0 fully saturated rings. The van der Waals surface area contributed by atoms with Crippen LogP contribution >= 0.6 is 0 Å². The van der Waals surface area contributed by atoms with Gasteiger partial charge in [0.25, 0.3) is 0 Å². The standard InChI is InChI=1S/C20H23NO4/c1-4-25-17-8-6-5-7-16(17)10-12-20(22)21-14-15-9-11-18(23-2)19(13-15)24-3/h5-13H,4,14H2,1-3H3,(H,21,22)/b12-10+. The van der Waals surface area contributed by atoms with E-state index in [1.54, 1.807) is 20.3 Å². The maximum absolute atomic E-state index is 12.0. The zero-order chi connectivity index (χ0) is 18.1. The minimum atomic E-state index is -0.180. The maximum atomic E-state index is 12.0. The molecule has 0 bridgehead atoms. The van der Waals surface area contributed by atoms with E-state index in [0.717, 1.165) is 16.9 Å². The summed E-state index contributed by atoms with van der Waals surface area (Å²) in [6.07, 6.45) is 3.24. The lowest BCUT2D eigenvalue weighted by molar-refractivity contribution is -0.116. The van der Waals surface area contributed by atoms with Crippen molar-refractivity contribution in [2.75, 3.05) is 20.8 Å². The van der Waals surface area contributed by atoms with Crippen LogP contribution in [-0.2, 0) is 11.3 Å². The highest BCUT2D eigenvalue weighted by atomic mass is 16.5. The number of para-hydroxylation sites is 1. The van der Waals surface area contributed by atoms with Gasteiger partial charge in [0.05, 0.1) is 20.8 Å². The monoisotopic (exact) mass is 341 g/mol. The molecule has 5 heteroatoms. The molecule has 0 aromatic heterocycles. The Labute approximate surface area is 148 Å². The van der Waals surface area contributed by atoms with Crippen molar-refractivity contribution >= 4 is 12.0 Å². The van der Waals surface area contributed by atoms with E-state index < -0.39 is 0 Å². The molecular weight excluding hydrogens is 318 g/mol. The van der Waals surface area contributed by atoms with Gasteiger partial charge in [0.1, 0.15) is 5.75 Å². The quantitative estimate of drug-likeness (QED) is 0.748. The van der Waals surface area contributed by atoms with Crippen molar-refractivity contribution in [2.45, 2.75) is 13.5 Å². The van der Waals surface area contributed by atoms with Crippen LogP contribution in [0.15, 0.2) is 48.5 Å². The number of carbonyl (C=O) groups is 1. The van der Waals surface area contributed by atoms with Crippen molar-refractivity contribution < 1.29 is 19.0 Å². The molecule has 5 nitrogen and oxygen atoms in total. The first-order valence-corrected chi connectivity index (χ1v) is 8.06. The van der Waals surface area contributed by atoms with Crippen LogP contribution in [0, 0.1) is 0 Å². The van der Waals surface area contributed by atoms with E-state index in [-0.39, 0.29) is 5.91 Å². The summed E-state index contributed by atoms with van der Waals surface area (Å²) in [5.41, 5.74) is 1.79. The van der Waals surface area contributed by atoms with E-state index in [1.807, 2.05) is 49.4 Å². The van der Waals surface area contributed by atoms with Gasteiger partial charge in [0, 0.05) is 18.2 Å². The van der Waals surface area contributed by atoms with Gasteiger partial charge in [-0.3, -0.25) is 4.79 Å². The number of amides is 1. The molecule has 0 unspecified atom stereocenters. The van der Waals surface area contributed by atoms with Gasteiger partial charge < -0.3 is 19.5 Å². The second-order valence-electron chi connectivity index (χ2n) is 5.21. The molecule has 2 rings (SSSR count). The molecule has 0 radical (unpaired) electrons. The summed E-state index contributed by atoms with van der Waals surface area (Å²) in [6.45, 7) is 2.91. The molecule has 0 aliphatic rings. The van der Waals surface area contributed by atoms with Gasteiger partial charge in [-0.05, 0) is 36.8 Å². The fourth-order valence-corrected chi connectivity index (χ4v) is 2.31. The molecule has 132 valence electrons. The van der Waals surface area contributed by atoms with Crippen LogP contribution in [0.1, 0.15) is 18.1 Å². The van der Waals surface area contributed by atoms with Crippen molar-refractivity contribution in [3.05, 3.63) is 59.7 Å². The van der Waals surface area contributed by atoms with Crippen molar-refractivity contribution in [3.8, 4) is 17.2 Å². The lowest BCUT2D eigenvalue weighted by atomic mass is 10.2. The number of ether oxygens (including phenoxy) is 3.